The highest BCUT2D eigenvalue weighted by molar-refractivity contribution is 5.91. The van der Waals surface area contributed by atoms with Gasteiger partial charge in [-0.25, -0.2) is 4.79 Å². The van der Waals surface area contributed by atoms with Crippen LogP contribution in [0.3, 0.4) is 0 Å². The molecule has 3 heterocycles. The second-order valence-corrected chi connectivity index (χ2v) is 9.23. The minimum atomic E-state index is -0.491. The number of benzene rings is 1. The van der Waals surface area contributed by atoms with Crippen molar-refractivity contribution in [3.05, 3.63) is 29.5 Å². The number of phenols is 1. The molecule has 1 unspecified atom stereocenters. The fraction of sp³-hybridized carbons (Fsp3) is 0.500. The van der Waals surface area contributed by atoms with Crippen molar-refractivity contribution >= 4 is 24.1 Å². The second kappa shape index (κ2) is 10.1. The zero-order valence-corrected chi connectivity index (χ0v) is 19.8. The van der Waals surface area contributed by atoms with Crippen molar-refractivity contribution < 1.29 is 38.4 Å². The first-order valence-corrected chi connectivity index (χ1v) is 11.9. The Kier molecular flexibility index (Phi) is 6.68. The number of hydrogen-bond donors (Lipinski definition) is 3. The van der Waals surface area contributed by atoms with Crippen LogP contribution in [-0.2, 0) is 14.3 Å². The molecule has 1 aromatic heterocycles. The minimum Gasteiger partial charge on any atom is -0.507 e. The molecule has 3 N–H and O–H groups in total. The number of hydrogen-bond acceptors (Lipinski definition) is 9. The van der Waals surface area contributed by atoms with Crippen molar-refractivity contribution in [3.63, 3.8) is 0 Å². The number of carbonyl (C=O) groups excluding carboxylic acids is 3. The average Bonchev–Trinajstić information content (AvgIpc) is 3.67. The highest BCUT2D eigenvalue weighted by atomic mass is 16.6. The first-order valence-electron chi connectivity index (χ1n) is 11.9. The summed E-state index contributed by atoms with van der Waals surface area (Å²) in [6.07, 6.45) is 3.30. The number of morpholine rings is 1. The number of aromatic nitrogens is 2. The van der Waals surface area contributed by atoms with Gasteiger partial charge in [-0.1, -0.05) is 0 Å². The standard InChI is InChI=1S/C24H28N4O8/c1-33-16-6-20(30)18(10-29)21(7-16)35-12-23(31)25-22-8-19(26-27-22)13-2-3-15(4-13)36-24(32)28-9-17-5-14(28)11-34-17/h6-8,10,13-15,17,30H,2-5,9,11-12H2,1H3,(H2,25,26,27,31)/t13-,14?,15+,17-/m0/s1. The summed E-state index contributed by atoms with van der Waals surface area (Å²) in [4.78, 5) is 37.9. The topological polar surface area (TPSA) is 152 Å². The van der Waals surface area contributed by atoms with Crippen LogP contribution in [0, 0.1) is 0 Å². The lowest BCUT2D eigenvalue weighted by atomic mass is 10.0. The third kappa shape index (κ3) is 4.94. The molecule has 5 rings (SSSR count). The molecule has 12 nitrogen and oxygen atoms in total. The number of likely N-dealkylation sites (tertiary alicyclic amines) is 1. The molecule has 12 heteroatoms. The molecule has 2 bridgehead atoms. The van der Waals surface area contributed by atoms with Gasteiger partial charge < -0.3 is 34.3 Å². The van der Waals surface area contributed by atoms with E-state index in [9.17, 15) is 19.5 Å². The Bertz CT molecular complexity index is 1150. The van der Waals surface area contributed by atoms with Gasteiger partial charge in [-0.05, 0) is 25.7 Å². The quantitative estimate of drug-likeness (QED) is 0.463. The van der Waals surface area contributed by atoms with E-state index in [1.807, 2.05) is 0 Å². The summed E-state index contributed by atoms with van der Waals surface area (Å²) >= 11 is 0. The van der Waals surface area contributed by atoms with E-state index >= 15 is 0 Å². The molecule has 2 aromatic rings. The largest absolute Gasteiger partial charge is 0.507 e. The summed E-state index contributed by atoms with van der Waals surface area (Å²) in [5, 5.41) is 19.7. The first kappa shape index (κ1) is 23.9. The Labute approximate surface area is 206 Å². The zero-order valence-electron chi connectivity index (χ0n) is 19.8. The number of ether oxygens (including phenoxy) is 4. The van der Waals surface area contributed by atoms with Gasteiger partial charge >= 0.3 is 6.09 Å². The number of rotatable bonds is 8. The van der Waals surface area contributed by atoms with Gasteiger partial charge in [-0.15, -0.1) is 0 Å². The average molecular weight is 501 g/mol. The number of aromatic hydroxyl groups is 1. The van der Waals surface area contributed by atoms with Crippen LogP contribution in [0.25, 0.3) is 0 Å². The smallest absolute Gasteiger partial charge is 0.410 e. The van der Waals surface area contributed by atoms with Crippen molar-refractivity contribution in [1.29, 1.82) is 0 Å². The third-order valence-corrected chi connectivity index (χ3v) is 6.90. The molecule has 2 amide bonds. The lowest BCUT2D eigenvalue weighted by molar-refractivity contribution is -0.118. The number of methoxy groups -OCH3 is 1. The number of aldehydes is 1. The van der Waals surface area contributed by atoms with E-state index in [4.69, 9.17) is 18.9 Å². The Morgan fingerprint density at radius 3 is 2.89 bits per heavy atom. The highest BCUT2D eigenvalue weighted by Crippen LogP contribution is 2.37. The summed E-state index contributed by atoms with van der Waals surface area (Å²) in [5.41, 5.74) is 0.770. The molecule has 1 aliphatic carbocycles. The van der Waals surface area contributed by atoms with E-state index in [1.54, 1.807) is 11.0 Å². The molecular weight excluding hydrogens is 472 g/mol. The predicted octanol–water partition coefficient (Wildman–Crippen LogP) is 2.20. The normalized spacial score (nSPS) is 24.5. The summed E-state index contributed by atoms with van der Waals surface area (Å²) in [6.45, 7) is 0.782. The number of aromatic amines is 1. The van der Waals surface area contributed by atoms with Gasteiger partial charge in [0, 0.05) is 29.8 Å². The van der Waals surface area contributed by atoms with Crippen molar-refractivity contribution in [1.82, 2.24) is 15.1 Å². The van der Waals surface area contributed by atoms with Gasteiger partial charge in [0.05, 0.1) is 38.0 Å². The van der Waals surface area contributed by atoms with Gasteiger partial charge in [0.1, 0.15) is 23.4 Å². The van der Waals surface area contributed by atoms with E-state index in [2.05, 4.69) is 15.5 Å². The molecule has 3 fully saturated rings. The van der Waals surface area contributed by atoms with Gasteiger partial charge in [-0.2, -0.15) is 5.10 Å². The maximum Gasteiger partial charge on any atom is 0.410 e. The molecular formula is C24H28N4O8. The molecule has 1 aromatic carbocycles. The van der Waals surface area contributed by atoms with Crippen LogP contribution in [0.2, 0.25) is 0 Å². The van der Waals surface area contributed by atoms with Crippen LogP contribution < -0.4 is 14.8 Å². The fourth-order valence-corrected chi connectivity index (χ4v) is 5.04. The van der Waals surface area contributed by atoms with Crippen molar-refractivity contribution in [2.24, 2.45) is 0 Å². The van der Waals surface area contributed by atoms with Crippen LogP contribution >= 0.6 is 0 Å². The number of nitrogens with one attached hydrogen (secondary N) is 2. The van der Waals surface area contributed by atoms with E-state index in [0.29, 0.717) is 31.7 Å². The summed E-state index contributed by atoms with van der Waals surface area (Å²) in [5.74, 6) is -0.0248. The van der Waals surface area contributed by atoms with Gasteiger partial charge in [0.25, 0.3) is 5.91 Å². The molecule has 1 saturated carbocycles. The van der Waals surface area contributed by atoms with Crippen LogP contribution in [0.4, 0.5) is 10.6 Å². The number of nitrogens with zero attached hydrogens (tertiary/aromatic N) is 2. The van der Waals surface area contributed by atoms with Gasteiger partial charge in [0.2, 0.25) is 0 Å². The molecule has 192 valence electrons. The highest BCUT2D eigenvalue weighted by Gasteiger charge is 2.43. The number of carbonyl (C=O) groups is 3. The maximum absolute atomic E-state index is 12.5. The molecule has 3 aliphatic rings. The number of H-pyrrole nitrogens is 1. The van der Waals surface area contributed by atoms with Crippen LogP contribution in [0.1, 0.15) is 47.7 Å². The Hall–Kier alpha value is -3.80. The molecule has 2 aliphatic heterocycles. The first-order chi connectivity index (χ1) is 17.4. The summed E-state index contributed by atoms with van der Waals surface area (Å²) in [7, 11) is 1.41. The van der Waals surface area contributed by atoms with Crippen molar-refractivity contribution in [2.45, 2.75) is 49.9 Å². The Morgan fingerprint density at radius 1 is 1.31 bits per heavy atom. The zero-order chi connectivity index (χ0) is 25.2. The van der Waals surface area contributed by atoms with E-state index in [1.165, 1.54) is 19.2 Å². The molecule has 4 atom stereocenters. The third-order valence-electron chi connectivity index (χ3n) is 6.90. The molecule has 0 spiro atoms. The second-order valence-electron chi connectivity index (χ2n) is 9.23. The monoisotopic (exact) mass is 500 g/mol. The molecule has 0 radical (unpaired) electrons. The lowest BCUT2D eigenvalue weighted by Crippen LogP contribution is -2.42. The van der Waals surface area contributed by atoms with Crippen LogP contribution in [0.5, 0.6) is 17.2 Å². The Balaban J connectivity index is 1.11. The fourth-order valence-electron chi connectivity index (χ4n) is 5.04. The number of phenolic OH excluding ortho intramolecular Hbond substituents is 1. The van der Waals surface area contributed by atoms with E-state index < -0.39 is 12.5 Å². The minimum absolute atomic E-state index is 0.0283. The number of fused-ring (bicyclic) bond motifs is 2. The lowest BCUT2D eigenvalue weighted by Gasteiger charge is -2.27. The summed E-state index contributed by atoms with van der Waals surface area (Å²) < 4.78 is 21.8. The van der Waals surface area contributed by atoms with E-state index in [-0.39, 0.29) is 53.1 Å². The van der Waals surface area contributed by atoms with Gasteiger partial charge in [0.15, 0.2) is 18.7 Å². The number of anilines is 1. The molecule has 2 saturated heterocycles. The maximum atomic E-state index is 12.5. The molecule has 36 heavy (non-hydrogen) atoms. The predicted molar refractivity (Wildman–Crippen MR) is 124 cm³/mol. The Morgan fingerprint density at radius 2 is 2.17 bits per heavy atom. The SMILES string of the molecule is COc1cc(O)c(C=O)c(OCC(=O)Nc2cc([C@H]3CC[C@@H](OC(=O)N4C[C@@H]5CC4CO5)C3)[nH]n2)c1. The van der Waals surface area contributed by atoms with Crippen molar-refractivity contribution in [2.75, 3.05) is 32.2 Å². The van der Waals surface area contributed by atoms with Crippen LogP contribution in [-0.4, -0.2) is 83.6 Å². The van der Waals surface area contributed by atoms with E-state index in [0.717, 1.165) is 25.0 Å². The summed E-state index contributed by atoms with van der Waals surface area (Å²) in [6, 6.07) is 4.57. The van der Waals surface area contributed by atoms with Crippen molar-refractivity contribution in [3.8, 4) is 17.2 Å². The van der Waals surface area contributed by atoms with Crippen LogP contribution in [0.15, 0.2) is 18.2 Å². The van der Waals surface area contributed by atoms with Gasteiger partial charge in [-0.3, -0.25) is 14.7 Å². The number of amides is 2.